The molecule has 0 spiro atoms. The molecule has 0 saturated carbocycles. The summed E-state index contributed by atoms with van der Waals surface area (Å²) in [6, 6.07) is 4.39. The fourth-order valence-corrected chi connectivity index (χ4v) is 2.74. The van der Waals surface area contributed by atoms with Gasteiger partial charge in [0.25, 0.3) is 0 Å². The van der Waals surface area contributed by atoms with Crippen LogP contribution in [0.4, 0.5) is 0 Å². The molecule has 1 saturated heterocycles. The number of ether oxygens (including phenoxy) is 1. The summed E-state index contributed by atoms with van der Waals surface area (Å²) in [5.41, 5.74) is 0. The van der Waals surface area contributed by atoms with E-state index >= 15 is 0 Å². The lowest BCUT2D eigenvalue weighted by molar-refractivity contribution is 0.141. The van der Waals surface area contributed by atoms with Gasteiger partial charge in [0.05, 0.1) is 12.9 Å². The zero-order valence-corrected chi connectivity index (χ0v) is 13.7. The molecule has 1 aliphatic rings. The quantitative estimate of drug-likeness (QED) is 0.562. The number of aliphatic imine (C=N–C) groups is 1. The summed E-state index contributed by atoms with van der Waals surface area (Å²) in [6.07, 6.45) is 4.17. The van der Waals surface area contributed by atoms with Crippen molar-refractivity contribution in [2.24, 2.45) is 4.99 Å². The number of furan rings is 1. The minimum absolute atomic E-state index is 0.556. The van der Waals surface area contributed by atoms with Gasteiger partial charge < -0.3 is 19.8 Å². The van der Waals surface area contributed by atoms with Crippen molar-refractivity contribution in [1.29, 1.82) is 0 Å². The van der Waals surface area contributed by atoms with E-state index in [1.807, 2.05) is 12.1 Å². The van der Waals surface area contributed by atoms with Crippen molar-refractivity contribution >= 4 is 5.96 Å². The first-order valence-corrected chi connectivity index (χ1v) is 8.11. The van der Waals surface area contributed by atoms with E-state index in [-0.39, 0.29) is 0 Å². The summed E-state index contributed by atoms with van der Waals surface area (Å²) in [5, 5.41) is 6.73. The van der Waals surface area contributed by atoms with Crippen LogP contribution in [0.5, 0.6) is 0 Å². The van der Waals surface area contributed by atoms with Gasteiger partial charge in [0.15, 0.2) is 5.96 Å². The molecule has 1 unspecified atom stereocenters. The second-order valence-electron chi connectivity index (χ2n) is 5.48. The smallest absolute Gasteiger partial charge is 0.191 e. The lowest BCUT2D eigenvalue weighted by atomic mass is 10.2. The third-order valence-electron chi connectivity index (χ3n) is 3.90. The second kappa shape index (κ2) is 9.48. The van der Waals surface area contributed by atoms with E-state index in [0.29, 0.717) is 12.6 Å². The average molecular weight is 308 g/mol. The minimum Gasteiger partial charge on any atom is -0.467 e. The normalized spacial score (nSPS) is 19.5. The lowest BCUT2D eigenvalue weighted by Gasteiger charge is -2.25. The van der Waals surface area contributed by atoms with E-state index in [0.717, 1.165) is 44.5 Å². The van der Waals surface area contributed by atoms with Gasteiger partial charge in [-0.25, -0.2) is 4.99 Å². The summed E-state index contributed by atoms with van der Waals surface area (Å²) in [4.78, 5) is 7.05. The molecule has 22 heavy (non-hydrogen) atoms. The van der Waals surface area contributed by atoms with Gasteiger partial charge in [0, 0.05) is 32.8 Å². The molecule has 6 heteroatoms. The van der Waals surface area contributed by atoms with E-state index in [2.05, 4.69) is 27.4 Å². The summed E-state index contributed by atoms with van der Waals surface area (Å²) in [6.45, 7) is 7.35. The molecule has 2 heterocycles. The van der Waals surface area contributed by atoms with Crippen molar-refractivity contribution in [2.75, 3.05) is 39.9 Å². The zero-order valence-electron chi connectivity index (χ0n) is 13.7. The molecular formula is C16H28N4O2. The number of hydrogen-bond donors (Lipinski definition) is 2. The predicted molar refractivity (Wildman–Crippen MR) is 88.0 cm³/mol. The van der Waals surface area contributed by atoms with Crippen LogP contribution < -0.4 is 10.6 Å². The molecule has 0 aromatic carbocycles. The Labute approximate surface area is 132 Å². The maximum atomic E-state index is 5.32. The number of rotatable bonds is 8. The highest BCUT2D eigenvalue weighted by molar-refractivity contribution is 5.79. The Kier molecular flexibility index (Phi) is 7.25. The molecule has 0 amide bonds. The largest absolute Gasteiger partial charge is 0.467 e. The predicted octanol–water partition coefficient (Wildman–Crippen LogP) is 1.45. The Morgan fingerprint density at radius 2 is 2.41 bits per heavy atom. The van der Waals surface area contributed by atoms with E-state index in [1.54, 1.807) is 13.4 Å². The number of nitrogens with zero attached hydrogens (tertiary/aromatic N) is 2. The molecule has 2 N–H and O–H groups in total. The second-order valence-corrected chi connectivity index (χ2v) is 5.48. The first kappa shape index (κ1) is 16.8. The third kappa shape index (κ3) is 5.35. The Morgan fingerprint density at radius 3 is 3.14 bits per heavy atom. The number of hydrogen-bond acceptors (Lipinski definition) is 4. The Hall–Kier alpha value is -1.53. The highest BCUT2D eigenvalue weighted by Crippen LogP contribution is 2.15. The molecule has 0 bridgehead atoms. The van der Waals surface area contributed by atoms with E-state index in [1.165, 1.54) is 12.8 Å². The van der Waals surface area contributed by atoms with Crippen LogP contribution in [0, 0.1) is 0 Å². The number of nitrogens with one attached hydrogen (secondary N) is 2. The SMILES string of the molecule is CCNC(=NCc1ccco1)NCC1CCCN1CCOC. The van der Waals surface area contributed by atoms with Crippen molar-refractivity contribution < 1.29 is 9.15 Å². The third-order valence-corrected chi connectivity index (χ3v) is 3.90. The van der Waals surface area contributed by atoms with E-state index < -0.39 is 0 Å². The van der Waals surface area contributed by atoms with E-state index in [9.17, 15) is 0 Å². The van der Waals surface area contributed by atoms with Crippen LogP contribution in [-0.4, -0.2) is 56.8 Å². The fraction of sp³-hybridized carbons (Fsp3) is 0.688. The highest BCUT2D eigenvalue weighted by atomic mass is 16.5. The summed E-state index contributed by atoms with van der Waals surface area (Å²) in [5.74, 6) is 1.72. The average Bonchev–Trinajstić information content (AvgIpc) is 3.19. The van der Waals surface area contributed by atoms with Crippen molar-refractivity contribution in [3.05, 3.63) is 24.2 Å². The molecule has 1 aromatic heterocycles. The van der Waals surface area contributed by atoms with E-state index in [4.69, 9.17) is 9.15 Å². The van der Waals surface area contributed by atoms with Gasteiger partial charge in [-0.2, -0.15) is 0 Å². The number of likely N-dealkylation sites (tertiary alicyclic amines) is 1. The van der Waals surface area contributed by atoms with Gasteiger partial charge in [0.2, 0.25) is 0 Å². The summed E-state index contributed by atoms with van der Waals surface area (Å²) in [7, 11) is 1.76. The molecular weight excluding hydrogens is 280 g/mol. The van der Waals surface area contributed by atoms with Crippen LogP contribution in [-0.2, 0) is 11.3 Å². The molecule has 0 radical (unpaired) electrons. The molecule has 1 atom stereocenters. The number of methoxy groups -OCH3 is 1. The summed E-state index contributed by atoms with van der Waals surface area (Å²) >= 11 is 0. The van der Waals surface area contributed by atoms with Crippen molar-refractivity contribution in [3.8, 4) is 0 Å². The van der Waals surface area contributed by atoms with Crippen LogP contribution >= 0.6 is 0 Å². The molecule has 0 aliphatic carbocycles. The van der Waals surface area contributed by atoms with Crippen LogP contribution in [0.3, 0.4) is 0 Å². The monoisotopic (exact) mass is 308 g/mol. The van der Waals surface area contributed by atoms with Crippen LogP contribution in [0.25, 0.3) is 0 Å². The molecule has 2 rings (SSSR count). The molecule has 1 fully saturated rings. The van der Waals surface area contributed by atoms with Crippen LogP contribution in [0.15, 0.2) is 27.8 Å². The molecule has 124 valence electrons. The van der Waals surface area contributed by atoms with Gasteiger partial charge in [-0.15, -0.1) is 0 Å². The molecule has 1 aromatic rings. The topological polar surface area (TPSA) is 62.0 Å². The molecule has 1 aliphatic heterocycles. The summed E-state index contributed by atoms with van der Waals surface area (Å²) < 4.78 is 10.5. The fourth-order valence-electron chi connectivity index (χ4n) is 2.74. The molecule has 6 nitrogen and oxygen atoms in total. The van der Waals surface area contributed by atoms with Crippen molar-refractivity contribution in [1.82, 2.24) is 15.5 Å². The number of guanidine groups is 1. The van der Waals surface area contributed by atoms with Crippen LogP contribution in [0.2, 0.25) is 0 Å². The van der Waals surface area contributed by atoms with Gasteiger partial charge in [0.1, 0.15) is 12.3 Å². The lowest BCUT2D eigenvalue weighted by Crippen LogP contribution is -2.45. The van der Waals surface area contributed by atoms with Gasteiger partial charge in [-0.3, -0.25) is 4.90 Å². The van der Waals surface area contributed by atoms with Crippen LogP contribution in [0.1, 0.15) is 25.5 Å². The zero-order chi connectivity index (χ0) is 15.6. The maximum Gasteiger partial charge on any atom is 0.191 e. The highest BCUT2D eigenvalue weighted by Gasteiger charge is 2.23. The first-order chi connectivity index (χ1) is 10.8. The van der Waals surface area contributed by atoms with Gasteiger partial charge >= 0.3 is 0 Å². The Balaban J connectivity index is 1.81. The maximum absolute atomic E-state index is 5.32. The standard InChI is InChI=1S/C16H28N4O2/c1-3-17-16(19-13-15-7-5-10-22-15)18-12-14-6-4-8-20(14)9-11-21-2/h5,7,10,14H,3-4,6,8-9,11-13H2,1-2H3,(H2,17,18,19). The Morgan fingerprint density at radius 1 is 1.50 bits per heavy atom. The van der Waals surface area contributed by atoms with Crippen molar-refractivity contribution in [2.45, 2.75) is 32.4 Å². The first-order valence-electron chi connectivity index (χ1n) is 8.11. The Bertz CT molecular complexity index is 433. The van der Waals surface area contributed by atoms with Gasteiger partial charge in [-0.1, -0.05) is 0 Å². The minimum atomic E-state index is 0.556. The van der Waals surface area contributed by atoms with Gasteiger partial charge in [-0.05, 0) is 38.4 Å². The van der Waals surface area contributed by atoms with Crippen molar-refractivity contribution in [3.63, 3.8) is 0 Å².